The molecular formula is C15H15ClN4O3. The zero-order chi connectivity index (χ0) is 16.6. The molecule has 3 rings (SSSR count). The van der Waals surface area contributed by atoms with E-state index in [-0.39, 0.29) is 24.1 Å². The molecule has 1 aromatic carbocycles. The molecule has 1 aliphatic rings. The molecule has 1 aromatic heterocycles. The lowest BCUT2D eigenvalue weighted by atomic mass is 9.99. The molecule has 1 fully saturated rings. The summed E-state index contributed by atoms with van der Waals surface area (Å²) in [5, 5.41) is 17.5. The smallest absolute Gasteiger partial charge is 0.308 e. The number of carboxylic acids is 1. The van der Waals surface area contributed by atoms with E-state index in [4.69, 9.17) is 16.7 Å². The van der Waals surface area contributed by atoms with Gasteiger partial charge in [-0.15, -0.1) is 5.10 Å². The highest BCUT2D eigenvalue weighted by atomic mass is 35.5. The van der Waals surface area contributed by atoms with E-state index in [1.807, 2.05) is 6.92 Å². The Hall–Kier alpha value is -2.41. The number of amides is 1. The number of benzene rings is 1. The van der Waals surface area contributed by atoms with E-state index in [1.165, 1.54) is 15.8 Å². The van der Waals surface area contributed by atoms with Crippen molar-refractivity contribution in [1.29, 1.82) is 0 Å². The molecule has 0 bridgehead atoms. The molecule has 1 saturated heterocycles. The number of carboxylic acid groups (broad SMARTS) is 1. The quantitative estimate of drug-likeness (QED) is 0.923. The molecule has 0 unspecified atom stereocenters. The van der Waals surface area contributed by atoms with Gasteiger partial charge in [-0.05, 0) is 24.1 Å². The Labute approximate surface area is 137 Å². The summed E-state index contributed by atoms with van der Waals surface area (Å²) >= 11 is 5.94. The molecule has 7 nitrogen and oxygen atoms in total. The van der Waals surface area contributed by atoms with Crippen molar-refractivity contribution in [2.45, 2.75) is 6.92 Å². The van der Waals surface area contributed by atoms with Crippen molar-refractivity contribution < 1.29 is 14.7 Å². The van der Waals surface area contributed by atoms with E-state index in [0.717, 1.165) is 0 Å². The van der Waals surface area contributed by atoms with Gasteiger partial charge in [-0.25, -0.2) is 4.68 Å². The normalized spacial score (nSPS) is 20.7. The van der Waals surface area contributed by atoms with Crippen molar-refractivity contribution in [1.82, 2.24) is 19.9 Å². The fourth-order valence-corrected chi connectivity index (χ4v) is 2.91. The van der Waals surface area contributed by atoms with E-state index < -0.39 is 11.9 Å². The Morgan fingerprint density at radius 2 is 2.13 bits per heavy atom. The topological polar surface area (TPSA) is 88.3 Å². The molecule has 2 heterocycles. The fourth-order valence-electron chi connectivity index (χ4n) is 2.72. The number of carbonyl (C=O) groups excluding carboxylic acids is 1. The van der Waals surface area contributed by atoms with Crippen LogP contribution in [0.4, 0.5) is 0 Å². The lowest BCUT2D eigenvalue weighted by Gasteiger charge is -2.13. The molecule has 1 amide bonds. The summed E-state index contributed by atoms with van der Waals surface area (Å²) in [4.78, 5) is 25.1. The van der Waals surface area contributed by atoms with E-state index >= 15 is 0 Å². The van der Waals surface area contributed by atoms with Crippen LogP contribution in [0.15, 0.2) is 30.5 Å². The van der Waals surface area contributed by atoms with Crippen LogP contribution >= 0.6 is 11.6 Å². The van der Waals surface area contributed by atoms with Crippen LogP contribution in [-0.2, 0) is 4.79 Å². The summed E-state index contributed by atoms with van der Waals surface area (Å²) in [7, 11) is 0. The van der Waals surface area contributed by atoms with E-state index in [0.29, 0.717) is 17.3 Å². The molecule has 2 atom stereocenters. The van der Waals surface area contributed by atoms with E-state index in [9.17, 15) is 9.59 Å². The molecule has 120 valence electrons. The van der Waals surface area contributed by atoms with Crippen LogP contribution in [0.2, 0.25) is 5.02 Å². The first-order chi connectivity index (χ1) is 11.0. The number of likely N-dealkylation sites (tertiary alicyclic amines) is 1. The van der Waals surface area contributed by atoms with Crippen LogP contribution in [0.1, 0.15) is 17.4 Å². The van der Waals surface area contributed by atoms with Crippen LogP contribution in [0.25, 0.3) is 5.69 Å². The third-order valence-corrected chi connectivity index (χ3v) is 4.24. The first-order valence-corrected chi connectivity index (χ1v) is 7.54. The van der Waals surface area contributed by atoms with Gasteiger partial charge in [-0.2, -0.15) is 0 Å². The largest absolute Gasteiger partial charge is 0.481 e. The van der Waals surface area contributed by atoms with Gasteiger partial charge in [0.05, 0.1) is 17.8 Å². The average Bonchev–Trinajstić information content (AvgIpc) is 3.13. The predicted molar refractivity (Wildman–Crippen MR) is 82.6 cm³/mol. The third kappa shape index (κ3) is 3.05. The Balaban J connectivity index is 1.78. The highest BCUT2D eigenvalue weighted by molar-refractivity contribution is 6.30. The molecular weight excluding hydrogens is 320 g/mol. The number of aliphatic carboxylic acids is 1. The number of hydrogen-bond donors (Lipinski definition) is 1. The number of hydrogen-bond acceptors (Lipinski definition) is 4. The summed E-state index contributed by atoms with van der Waals surface area (Å²) in [5.41, 5.74) is 0.880. The van der Waals surface area contributed by atoms with Gasteiger partial charge < -0.3 is 10.0 Å². The predicted octanol–water partition coefficient (Wildman–Crippen LogP) is 1.71. The van der Waals surface area contributed by atoms with Gasteiger partial charge in [0.25, 0.3) is 5.91 Å². The van der Waals surface area contributed by atoms with E-state index in [2.05, 4.69) is 10.3 Å². The van der Waals surface area contributed by atoms with Crippen molar-refractivity contribution >= 4 is 23.5 Å². The summed E-state index contributed by atoms with van der Waals surface area (Å²) in [6, 6.07) is 7.03. The Morgan fingerprint density at radius 3 is 2.78 bits per heavy atom. The number of nitrogens with zero attached hydrogens (tertiary/aromatic N) is 4. The minimum Gasteiger partial charge on any atom is -0.481 e. The SMILES string of the molecule is C[C@@H]1CN(C(=O)c2cn(-c3cccc(Cl)c3)nn2)C[C@H]1C(=O)O. The highest BCUT2D eigenvalue weighted by Gasteiger charge is 2.37. The Bertz CT molecular complexity index is 761. The van der Waals surface area contributed by atoms with Crippen LogP contribution in [0.5, 0.6) is 0 Å². The van der Waals surface area contributed by atoms with E-state index in [1.54, 1.807) is 24.3 Å². The summed E-state index contributed by atoms with van der Waals surface area (Å²) in [6.45, 7) is 2.42. The summed E-state index contributed by atoms with van der Waals surface area (Å²) < 4.78 is 1.47. The van der Waals surface area contributed by atoms with Crippen LogP contribution in [-0.4, -0.2) is 50.0 Å². The van der Waals surface area contributed by atoms with Crippen LogP contribution in [0, 0.1) is 11.8 Å². The van der Waals surface area contributed by atoms with Gasteiger partial charge in [0.2, 0.25) is 0 Å². The maximum Gasteiger partial charge on any atom is 0.308 e. The van der Waals surface area contributed by atoms with Gasteiger partial charge in [0.1, 0.15) is 0 Å². The number of carbonyl (C=O) groups is 2. The fraction of sp³-hybridized carbons (Fsp3) is 0.333. The minimum atomic E-state index is -0.879. The molecule has 0 spiro atoms. The maximum absolute atomic E-state index is 12.5. The highest BCUT2D eigenvalue weighted by Crippen LogP contribution is 2.24. The summed E-state index contributed by atoms with van der Waals surface area (Å²) in [5.74, 6) is -1.81. The van der Waals surface area contributed by atoms with Gasteiger partial charge in [-0.3, -0.25) is 9.59 Å². The van der Waals surface area contributed by atoms with Crippen LogP contribution in [0.3, 0.4) is 0 Å². The lowest BCUT2D eigenvalue weighted by molar-refractivity contribution is -0.142. The molecule has 2 aromatic rings. The Kier molecular flexibility index (Phi) is 4.04. The number of rotatable bonds is 3. The van der Waals surface area contributed by atoms with Gasteiger partial charge >= 0.3 is 5.97 Å². The van der Waals surface area contributed by atoms with Crippen LogP contribution < -0.4 is 0 Å². The van der Waals surface area contributed by atoms with Crippen molar-refractivity contribution in [3.05, 3.63) is 41.2 Å². The molecule has 0 aliphatic carbocycles. The molecule has 0 radical (unpaired) electrons. The maximum atomic E-state index is 12.5. The second-order valence-electron chi connectivity index (χ2n) is 5.66. The zero-order valence-electron chi connectivity index (χ0n) is 12.4. The molecule has 8 heteroatoms. The van der Waals surface area contributed by atoms with Crippen molar-refractivity contribution in [3.8, 4) is 5.69 Å². The number of aromatic nitrogens is 3. The minimum absolute atomic E-state index is 0.0839. The van der Waals surface area contributed by atoms with Gasteiger partial charge in [0.15, 0.2) is 5.69 Å². The molecule has 1 aliphatic heterocycles. The Morgan fingerprint density at radius 1 is 1.35 bits per heavy atom. The lowest BCUT2D eigenvalue weighted by Crippen LogP contribution is -2.30. The molecule has 1 N–H and O–H groups in total. The first-order valence-electron chi connectivity index (χ1n) is 7.16. The zero-order valence-corrected chi connectivity index (χ0v) is 13.1. The van der Waals surface area contributed by atoms with Gasteiger partial charge in [0, 0.05) is 18.1 Å². The standard InChI is InChI=1S/C15H15ClN4O3/c1-9-6-19(7-12(9)15(22)23)14(21)13-8-20(18-17-13)11-4-2-3-10(16)5-11/h2-5,8-9,12H,6-7H2,1H3,(H,22,23)/t9-,12-/m1/s1. The van der Waals surface area contributed by atoms with Crippen molar-refractivity contribution in [2.24, 2.45) is 11.8 Å². The second-order valence-corrected chi connectivity index (χ2v) is 6.10. The average molecular weight is 335 g/mol. The molecule has 23 heavy (non-hydrogen) atoms. The summed E-state index contributed by atoms with van der Waals surface area (Å²) in [6.07, 6.45) is 1.52. The molecule has 0 saturated carbocycles. The van der Waals surface area contributed by atoms with Gasteiger partial charge in [-0.1, -0.05) is 29.8 Å². The third-order valence-electron chi connectivity index (χ3n) is 4.00. The monoisotopic (exact) mass is 334 g/mol. The van der Waals surface area contributed by atoms with Crippen molar-refractivity contribution in [3.63, 3.8) is 0 Å². The van der Waals surface area contributed by atoms with Crippen molar-refractivity contribution in [2.75, 3.05) is 13.1 Å². The second kappa shape index (κ2) is 6.00. The number of halogens is 1. The first kappa shape index (κ1) is 15.5.